The zero-order valence-corrected chi connectivity index (χ0v) is 12.3. The van der Waals surface area contributed by atoms with Crippen molar-refractivity contribution in [3.05, 3.63) is 59.9 Å². The van der Waals surface area contributed by atoms with Gasteiger partial charge in [-0.3, -0.25) is 9.88 Å². The van der Waals surface area contributed by atoms with Crippen molar-refractivity contribution >= 4 is 0 Å². The van der Waals surface area contributed by atoms with Crippen LogP contribution in [-0.4, -0.2) is 43.2 Å². The van der Waals surface area contributed by atoms with Crippen molar-refractivity contribution in [2.24, 2.45) is 0 Å². The third-order valence-electron chi connectivity index (χ3n) is 3.89. The van der Waals surface area contributed by atoms with E-state index in [0.717, 1.165) is 37.6 Å². The molecular weight excluding hydrogens is 262 g/mol. The lowest BCUT2D eigenvalue weighted by molar-refractivity contribution is 0.195. The van der Waals surface area contributed by atoms with Gasteiger partial charge in [0, 0.05) is 32.4 Å². The lowest BCUT2D eigenvalue weighted by atomic mass is 10.00. The van der Waals surface area contributed by atoms with Crippen molar-refractivity contribution in [3.63, 3.8) is 0 Å². The van der Waals surface area contributed by atoms with E-state index in [-0.39, 0.29) is 6.04 Å². The van der Waals surface area contributed by atoms with Crippen LogP contribution in [0.2, 0.25) is 0 Å². The predicted molar refractivity (Wildman–Crippen MR) is 83.5 cm³/mol. The molecule has 1 atom stereocenters. The molecule has 1 aromatic heterocycles. The molecule has 21 heavy (non-hydrogen) atoms. The largest absolute Gasteiger partial charge is 0.497 e. The molecular formula is C17H21N3O. The topological polar surface area (TPSA) is 37.4 Å². The highest BCUT2D eigenvalue weighted by Crippen LogP contribution is 2.29. The van der Waals surface area contributed by atoms with Crippen molar-refractivity contribution in [1.29, 1.82) is 0 Å². The van der Waals surface area contributed by atoms with Crippen molar-refractivity contribution in [2.75, 3.05) is 33.3 Å². The summed E-state index contributed by atoms with van der Waals surface area (Å²) in [6, 6.07) is 14.6. The minimum atomic E-state index is 0.184. The Morgan fingerprint density at radius 1 is 1.14 bits per heavy atom. The van der Waals surface area contributed by atoms with Gasteiger partial charge in [-0.15, -0.1) is 0 Å². The second-order valence-corrected chi connectivity index (χ2v) is 5.22. The van der Waals surface area contributed by atoms with E-state index in [4.69, 9.17) is 4.74 Å². The van der Waals surface area contributed by atoms with Gasteiger partial charge in [0.2, 0.25) is 0 Å². The van der Waals surface area contributed by atoms with Crippen LogP contribution in [0.25, 0.3) is 0 Å². The molecule has 1 fully saturated rings. The monoisotopic (exact) mass is 283 g/mol. The lowest BCUT2D eigenvalue weighted by Gasteiger charge is -2.35. The predicted octanol–water partition coefficient (Wildman–Crippen LogP) is 2.08. The minimum absolute atomic E-state index is 0.184. The Morgan fingerprint density at radius 2 is 2.00 bits per heavy atom. The molecule has 1 aromatic carbocycles. The number of nitrogens with one attached hydrogen (secondary N) is 1. The molecule has 0 spiro atoms. The highest BCUT2D eigenvalue weighted by atomic mass is 16.5. The molecule has 1 N–H and O–H groups in total. The van der Waals surface area contributed by atoms with Gasteiger partial charge < -0.3 is 10.1 Å². The Labute approximate surface area is 125 Å². The molecule has 0 aliphatic carbocycles. The van der Waals surface area contributed by atoms with Gasteiger partial charge in [0.15, 0.2) is 0 Å². The van der Waals surface area contributed by atoms with Crippen LogP contribution in [0.1, 0.15) is 17.3 Å². The maximum absolute atomic E-state index is 5.38. The summed E-state index contributed by atoms with van der Waals surface area (Å²) in [5.41, 5.74) is 2.32. The summed E-state index contributed by atoms with van der Waals surface area (Å²) < 4.78 is 5.38. The van der Waals surface area contributed by atoms with Crippen LogP contribution in [-0.2, 0) is 0 Å². The number of hydrogen-bond acceptors (Lipinski definition) is 4. The molecule has 2 heterocycles. The summed E-state index contributed by atoms with van der Waals surface area (Å²) in [6.07, 6.45) is 1.87. The summed E-state index contributed by atoms with van der Waals surface area (Å²) >= 11 is 0. The van der Waals surface area contributed by atoms with Crippen LogP contribution >= 0.6 is 0 Å². The Morgan fingerprint density at radius 3 is 2.71 bits per heavy atom. The fourth-order valence-electron chi connectivity index (χ4n) is 2.86. The van der Waals surface area contributed by atoms with E-state index >= 15 is 0 Å². The first-order valence-corrected chi connectivity index (χ1v) is 7.38. The number of aromatic nitrogens is 1. The second-order valence-electron chi connectivity index (χ2n) is 5.22. The molecule has 0 saturated carbocycles. The van der Waals surface area contributed by atoms with Crippen LogP contribution < -0.4 is 10.1 Å². The molecule has 110 valence electrons. The number of pyridine rings is 1. The van der Waals surface area contributed by atoms with E-state index in [0.29, 0.717) is 0 Å². The van der Waals surface area contributed by atoms with Crippen LogP contribution in [0.3, 0.4) is 0 Å². The second kappa shape index (κ2) is 6.70. The normalized spacial score (nSPS) is 17.4. The average Bonchev–Trinajstić information content (AvgIpc) is 2.57. The van der Waals surface area contributed by atoms with Crippen LogP contribution in [0.5, 0.6) is 5.75 Å². The van der Waals surface area contributed by atoms with Gasteiger partial charge in [-0.05, 0) is 29.8 Å². The molecule has 1 saturated heterocycles. The molecule has 1 aliphatic heterocycles. The fraction of sp³-hybridized carbons (Fsp3) is 0.353. The summed E-state index contributed by atoms with van der Waals surface area (Å²) in [5.74, 6) is 0.892. The maximum atomic E-state index is 5.38. The first-order chi connectivity index (χ1) is 10.4. The highest BCUT2D eigenvalue weighted by molar-refractivity contribution is 5.34. The SMILES string of the molecule is COc1cccc(C(c2ccccn2)N2CCNCC2)c1. The van der Waals surface area contributed by atoms with E-state index in [1.54, 1.807) is 7.11 Å². The van der Waals surface area contributed by atoms with Gasteiger partial charge in [0.1, 0.15) is 5.75 Å². The smallest absolute Gasteiger partial charge is 0.119 e. The number of hydrogen-bond donors (Lipinski definition) is 1. The Kier molecular flexibility index (Phi) is 4.48. The number of methoxy groups -OCH3 is 1. The van der Waals surface area contributed by atoms with E-state index in [2.05, 4.69) is 39.5 Å². The Balaban J connectivity index is 1.98. The maximum Gasteiger partial charge on any atom is 0.119 e. The molecule has 1 unspecified atom stereocenters. The van der Waals surface area contributed by atoms with Crippen molar-refractivity contribution in [3.8, 4) is 5.75 Å². The summed E-state index contributed by atoms with van der Waals surface area (Å²) in [7, 11) is 1.71. The zero-order chi connectivity index (χ0) is 14.5. The standard InChI is InChI=1S/C17H21N3O/c1-21-15-6-4-5-14(13-15)17(16-7-2-3-8-19-16)20-11-9-18-10-12-20/h2-8,13,17-18H,9-12H2,1H3. The average molecular weight is 283 g/mol. The Bertz CT molecular complexity index is 567. The van der Waals surface area contributed by atoms with Gasteiger partial charge in [-0.25, -0.2) is 0 Å². The Hall–Kier alpha value is -1.91. The molecule has 1 aliphatic rings. The van der Waals surface area contributed by atoms with E-state index in [1.165, 1.54) is 5.56 Å². The molecule has 0 bridgehead atoms. The number of ether oxygens (including phenoxy) is 1. The van der Waals surface area contributed by atoms with E-state index < -0.39 is 0 Å². The molecule has 0 radical (unpaired) electrons. The third-order valence-corrected chi connectivity index (χ3v) is 3.89. The molecule has 4 nitrogen and oxygen atoms in total. The van der Waals surface area contributed by atoms with Crippen LogP contribution in [0, 0.1) is 0 Å². The minimum Gasteiger partial charge on any atom is -0.497 e. The van der Waals surface area contributed by atoms with Crippen molar-refractivity contribution < 1.29 is 4.74 Å². The van der Waals surface area contributed by atoms with Crippen LogP contribution in [0.15, 0.2) is 48.7 Å². The number of rotatable bonds is 4. The van der Waals surface area contributed by atoms with E-state index in [1.807, 2.05) is 24.4 Å². The third kappa shape index (κ3) is 3.23. The summed E-state index contributed by atoms with van der Waals surface area (Å²) in [6.45, 7) is 4.09. The molecule has 4 heteroatoms. The van der Waals surface area contributed by atoms with Gasteiger partial charge in [0.25, 0.3) is 0 Å². The van der Waals surface area contributed by atoms with Gasteiger partial charge in [0.05, 0.1) is 18.8 Å². The molecule has 0 amide bonds. The van der Waals surface area contributed by atoms with Crippen molar-refractivity contribution in [2.45, 2.75) is 6.04 Å². The molecule has 2 aromatic rings. The van der Waals surface area contributed by atoms with Gasteiger partial charge in [-0.1, -0.05) is 18.2 Å². The summed E-state index contributed by atoms with van der Waals surface area (Å²) in [5, 5.41) is 3.41. The molecule has 3 rings (SSSR count). The lowest BCUT2D eigenvalue weighted by Crippen LogP contribution is -2.45. The summed E-state index contributed by atoms with van der Waals surface area (Å²) in [4.78, 5) is 7.06. The highest BCUT2D eigenvalue weighted by Gasteiger charge is 2.25. The zero-order valence-electron chi connectivity index (χ0n) is 12.3. The first-order valence-electron chi connectivity index (χ1n) is 7.38. The van der Waals surface area contributed by atoms with Crippen LogP contribution in [0.4, 0.5) is 0 Å². The quantitative estimate of drug-likeness (QED) is 0.932. The fourth-order valence-corrected chi connectivity index (χ4v) is 2.86. The van der Waals surface area contributed by atoms with E-state index in [9.17, 15) is 0 Å². The number of nitrogens with zero attached hydrogens (tertiary/aromatic N) is 2. The first kappa shape index (κ1) is 14.0. The van der Waals surface area contributed by atoms with Gasteiger partial charge in [-0.2, -0.15) is 0 Å². The number of benzene rings is 1. The van der Waals surface area contributed by atoms with Crippen molar-refractivity contribution in [1.82, 2.24) is 15.2 Å². The van der Waals surface area contributed by atoms with Gasteiger partial charge >= 0.3 is 0 Å². The number of piperazine rings is 1.